The summed E-state index contributed by atoms with van der Waals surface area (Å²) in [4.78, 5) is 13.4. The largest absolute Gasteiger partial charge is 0.423 e. The van der Waals surface area contributed by atoms with Crippen molar-refractivity contribution in [2.24, 2.45) is 12.8 Å². The number of nitrogens with zero attached hydrogens (tertiary/aromatic N) is 3. The summed E-state index contributed by atoms with van der Waals surface area (Å²) in [5, 5.41) is 8.34. The summed E-state index contributed by atoms with van der Waals surface area (Å²) in [5.74, 6) is 0.0710. The van der Waals surface area contributed by atoms with E-state index in [1.54, 1.807) is 16.8 Å². The molecule has 0 spiro atoms. The summed E-state index contributed by atoms with van der Waals surface area (Å²) in [6.07, 6.45) is 2.68. The molecule has 31 heavy (non-hydrogen) atoms. The molecule has 4 rings (SSSR count). The summed E-state index contributed by atoms with van der Waals surface area (Å²) in [6, 6.07) is 11.3. The smallest absolute Gasteiger partial charge is 0.253 e. The Balaban J connectivity index is 1.75. The molecule has 0 saturated heterocycles. The molecule has 3 heterocycles. The molecule has 1 unspecified atom stereocenters. The van der Waals surface area contributed by atoms with Crippen LogP contribution in [0.25, 0.3) is 0 Å². The van der Waals surface area contributed by atoms with Crippen molar-refractivity contribution in [1.29, 1.82) is 0 Å². The highest BCUT2D eigenvalue weighted by Gasteiger charge is 2.40. The van der Waals surface area contributed by atoms with E-state index in [9.17, 15) is 4.79 Å². The fourth-order valence-corrected chi connectivity index (χ4v) is 4.15. The van der Waals surface area contributed by atoms with E-state index in [-0.39, 0.29) is 17.7 Å². The summed E-state index contributed by atoms with van der Waals surface area (Å²) in [7, 11) is 1.96. The second kappa shape index (κ2) is 8.51. The van der Waals surface area contributed by atoms with Gasteiger partial charge in [0, 0.05) is 37.1 Å². The molecule has 8 heteroatoms. The fourth-order valence-electron chi connectivity index (χ4n) is 4.02. The van der Waals surface area contributed by atoms with Crippen molar-refractivity contribution in [1.82, 2.24) is 19.7 Å². The second-order valence-electron chi connectivity index (χ2n) is 7.50. The van der Waals surface area contributed by atoms with Crippen molar-refractivity contribution >= 4 is 17.5 Å². The summed E-state index contributed by atoms with van der Waals surface area (Å²) in [5.41, 5.74) is 10.4. The van der Waals surface area contributed by atoms with Gasteiger partial charge < -0.3 is 20.4 Å². The third kappa shape index (κ3) is 3.81. The van der Waals surface area contributed by atoms with Gasteiger partial charge in [-0.25, -0.2) is 4.68 Å². The normalized spacial score (nSPS) is 15.5. The van der Waals surface area contributed by atoms with Crippen LogP contribution >= 0.6 is 11.6 Å². The van der Waals surface area contributed by atoms with E-state index in [1.807, 2.05) is 55.9 Å². The number of ether oxygens (including phenoxy) is 1. The Labute approximate surface area is 186 Å². The first-order valence-electron chi connectivity index (χ1n) is 10.4. The fraction of sp³-hybridized carbons (Fsp3) is 0.304. The SMILES string of the molecule is CCc1nn(CC)c2c1C(c1cccn1C)C(C(=O)NCc1ccc(Cl)cc1)=C(N)O2. The average molecular weight is 440 g/mol. The summed E-state index contributed by atoms with van der Waals surface area (Å²) < 4.78 is 9.78. The standard InChI is InChI=1S/C23H26ClN5O2/c1-4-16-18-19(17-7-6-12-28(17)3)20(21(25)31-23(18)29(5-2)27-16)22(30)26-13-14-8-10-15(24)11-9-14/h6-12,19H,4-5,13,25H2,1-3H3,(H,26,30). The Hall–Kier alpha value is -3.19. The van der Waals surface area contributed by atoms with Crippen LogP contribution in [0, 0.1) is 0 Å². The lowest BCUT2D eigenvalue weighted by molar-refractivity contribution is -0.118. The van der Waals surface area contributed by atoms with Gasteiger partial charge in [-0.15, -0.1) is 0 Å². The maximum absolute atomic E-state index is 13.4. The zero-order chi connectivity index (χ0) is 22.1. The number of aromatic nitrogens is 3. The van der Waals surface area contributed by atoms with Crippen LogP contribution in [0.3, 0.4) is 0 Å². The first kappa shape index (κ1) is 21.1. The van der Waals surface area contributed by atoms with Gasteiger partial charge in [0.1, 0.15) is 0 Å². The van der Waals surface area contributed by atoms with Gasteiger partial charge in [0.05, 0.1) is 22.7 Å². The van der Waals surface area contributed by atoms with Crippen LogP contribution in [0.4, 0.5) is 0 Å². The van der Waals surface area contributed by atoms with Gasteiger partial charge in [0.25, 0.3) is 5.91 Å². The summed E-state index contributed by atoms with van der Waals surface area (Å²) >= 11 is 5.96. The number of amides is 1. The Morgan fingerprint density at radius 1 is 1.26 bits per heavy atom. The van der Waals surface area contributed by atoms with E-state index < -0.39 is 0 Å². The van der Waals surface area contributed by atoms with Crippen molar-refractivity contribution in [2.45, 2.75) is 39.3 Å². The zero-order valence-corrected chi connectivity index (χ0v) is 18.6. The minimum absolute atomic E-state index is 0.101. The van der Waals surface area contributed by atoms with Gasteiger partial charge in [-0.1, -0.05) is 30.7 Å². The van der Waals surface area contributed by atoms with E-state index in [2.05, 4.69) is 5.32 Å². The zero-order valence-electron chi connectivity index (χ0n) is 17.9. The average Bonchev–Trinajstić information content (AvgIpc) is 3.35. The second-order valence-corrected chi connectivity index (χ2v) is 7.94. The Kier molecular flexibility index (Phi) is 5.78. The maximum atomic E-state index is 13.4. The van der Waals surface area contributed by atoms with Gasteiger partial charge in [0.2, 0.25) is 11.8 Å². The molecule has 7 nitrogen and oxygen atoms in total. The van der Waals surface area contributed by atoms with Gasteiger partial charge in [-0.3, -0.25) is 4.79 Å². The minimum Gasteiger partial charge on any atom is -0.423 e. The van der Waals surface area contributed by atoms with Crippen molar-refractivity contribution in [2.75, 3.05) is 0 Å². The predicted molar refractivity (Wildman–Crippen MR) is 120 cm³/mol. The number of nitrogens with two attached hydrogens (primary N) is 1. The number of nitrogens with one attached hydrogen (secondary N) is 1. The molecule has 2 aromatic heterocycles. The first-order valence-corrected chi connectivity index (χ1v) is 10.7. The maximum Gasteiger partial charge on any atom is 0.253 e. The predicted octanol–water partition coefficient (Wildman–Crippen LogP) is 3.47. The molecule has 162 valence electrons. The monoisotopic (exact) mass is 439 g/mol. The van der Waals surface area contributed by atoms with Crippen molar-refractivity contribution in [3.05, 3.63) is 81.6 Å². The summed E-state index contributed by atoms with van der Waals surface area (Å²) in [6.45, 7) is 5.05. The van der Waals surface area contributed by atoms with Gasteiger partial charge in [-0.2, -0.15) is 5.10 Å². The van der Waals surface area contributed by atoms with Crippen LogP contribution in [0.2, 0.25) is 5.02 Å². The van der Waals surface area contributed by atoms with Crippen molar-refractivity contribution in [3.63, 3.8) is 0 Å². The van der Waals surface area contributed by atoms with Gasteiger partial charge in [-0.05, 0) is 43.2 Å². The van der Waals surface area contributed by atoms with Crippen LogP contribution in [0.15, 0.2) is 54.1 Å². The molecule has 1 aliphatic heterocycles. The Bertz CT molecular complexity index is 1140. The van der Waals surface area contributed by atoms with Crippen LogP contribution < -0.4 is 15.8 Å². The number of carbonyl (C=O) groups excluding carboxylic acids is 1. The van der Waals surface area contributed by atoms with E-state index in [1.165, 1.54) is 0 Å². The molecular formula is C23H26ClN5O2. The number of carbonyl (C=O) groups is 1. The molecule has 0 fully saturated rings. The van der Waals surface area contributed by atoms with Crippen LogP contribution in [0.1, 0.15) is 42.3 Å². The van der Waals surface area contributed by atoms with Crippen molar-refractivity contribution in [3.8, 4) is 5.88 Å². The highest BCUT2D eigenvalue weighted by molar-refractivity contribution is 6.30. The lowest BCUT2D eigenvalue weighted by atomic mass is 9.85. The number of aryl methyl sites for hydroxylation is 3. The Morgan fingerprint density at radius 3 is 2.61 bits per heavy atom. The third-order valence-electron chi connectivity index (χ3n) is 5.59. The Morgan fingerprint density at radius 2 is 2.00 bits per heavy atom. The molecule has 0 radical (unpaired) electrons. The first-order chi connectivity index (χ1) is 14.9. The van der Waals surface area contributed by atoms with Crippen LogP contribution in [-0.4, -0.2) is 20.3 Å². The molecule has 1 aliphatic rings. The highest BCUT2D eigenvalue weighted by atomic mass is 35.5. The lowest BCUT2D eigenvalue weighted by Crippen LogP contribution is -2.34. The lowest BCUT2D eigenvalue weighted by Gasteiger charge is -2.28. The number of rotatable bonds is 6. The van der Waals surface area contributed by atoms with E-state index >= 15 is 0 Å². The van der Waals surface area contributed by atoms with Gasteiger partial charge in [0.15, 0.2) is 0 Å². The number of halogens is 1. The highest BCUT2D eigenvalue weighted by Crippen LogP contribution is 2.44. The quantitative estimate of drug-likeness (QED) is 0.615. The molecule has 1 aromatic carbocycles. The molecule has 3 N–H and O–H groups in total. The molecule has 0 saturated carbocycles. The van der Waals surface area contributed by atoms with E-state index in [4.69, 9.17) is 27.2 Å². The van der Waals surface area contributed by atoms with Crippen LogP contribution in [-0.2, 0) is 31.4 Å². The van der Waals surface area contributed by atoms with Crippen LogP contribution in [0.5, 0.6) is 5.88 Å². The molecule has 3 aromatic rings. The van der Waals surface area contributed by atoms with E-state index in [0.717, 1.165) is 28.9 Å². The topological polar surface area (TPSA) is 87.1 Å². The third-order valence-corrected chi connectivity index (χ3v) is 5.84. The molecule has 1 atom stereocenters. The number of benzene rings is 1. The number of hydrogen-bond donors (Lipinski definition) is 2. The van der Waals surface area contributed by atoms with Crippen molar-refractivity contribution < 1.29 is 9.53 Å². The molecular weight excluding hydrogens is 414 g/mol. The molecule has 0 aliphatic carbocycles. The number of hydrogen-bond acceptors (Lipinski definition) is 4. The van der Waals surface area contributed by atoms with Gasteiger partial charge >= 0.3 is 0 Å². The van der Waals surface area contributed by atoms with E-state index in [0.29, 0.717) is 29.6 Å². The molecule has 0 bridgehead atoms. The number of fused-ring (bicyclic) bond motifs is 1. The minimum atomic E-state index is -0.371. The molecule has 1 amide bonds.